The monoisotopic (exact) mass is 446 g/mol. The molecule has 2 rings (SSSR count). The Kier molecular flexibility index (Phi) is 9.81. The molecule has 0 radical (unpaired) electrons. The lowest BCUT2D eigenvalue weighted by atomic mass is 10.2. The highest BCUT2D eigenvalue weighted by molar-refractivity contribution is 14.0. The van der Waals surface area contributed by atoms with Crippen molar-refractivity contribution in [3.63, 3.8) is 0 Å². The van der Waals surface area contributed by atoms with Crippen molar-refractivity contribution in [3.05, 3.63) is 52.0 Å². The number of aryl methyl sites for hydroxylation is 1. The van der Waals surface area contributed by atoms with Crippen LogP contribution in [0.3, 0.4) is 0 Å². The average molecular weight is 446 g/mol. The van der Waals surface area contributed by atoms with E-state index in [1.54, 1.807) is 18.4 Å². The van der Waals surface area contributed by atoms with Crippen LogP contribution in [0.15, 0.2) is 41.5 Å². The molecular formula is C16H23IN4OS. The molecular weight excluding hydrogens is 423 g/mol. The number of nitrogens with one attached hydrogen (secondary N) is 2. The van der Waals surface area contributed by atoms with Gasteiger partial charge in [0.25, 0.3) is 0 Å². The van der Waals surface area contributed by atoms with Crippen LogP contribution < -0.4 is 10.6 Å². The summed E-state index contributed by atoms with van der Waals surface area (Å²) < 4.78 is 5.63. The van der Waals surface area contributed by atoms with Gasteiger partial charge < -0.3 is 15.4 Å². The summed E-state index contributed by atoms with van der Waals surface area (Å²) in [5, 5.41) is 7.52. The number of benzene rings is 1. The fourth-order valence-corrected chi connectivity index (χ4v) is 2.60. The van der Waals surface area contributed by atoms with Crippen LogP contribution >= 0.6 is 35.3 Å². The molecule has 0 aliphatic rings. The van der Waals surface area contributed by atoms with E-state index in [2.05, 4.69) is 39.7 Å². The summed E-state index contributed by atoms with van der Waals surface area (Å²) in [5.74, 6) is 0.760. The summed E-state index contributed by atoms with van der Waals surface area (Å²) in [6.45, 7) is 4.71. The van der Waals surface area contributed by atoms with Gasteiger partial charge in [-0.15, -0.1) is 35.3 Å². The molecule has 1 aromatic carbocycles. The van der Waals surface area contributed by atoms with Crippen LogP contribution in [0.25, 0.3) is 0 Å². The van der Waals surface area contributed by atoms with Gasteiger partial charge in [0.1, 0.15) is 5.01 Å². The molecule has 1 heterocycles. The van der Waals surface area contributed by atoms with Crippen molar-refractivity contribution in [2.24, 2.45) is 4.99 Å². The Balaban J connectivity index is 0.00000264. The second kappa shape index (κ2) is 11.4. The zero-order chi connectivity index (χ0) is 15.6. The first kappa shape index (κ1) is 19.9. The Hall–Kier alpha value is -1.19. The summed E-state index contributed by atoms with van der Waals surface area (Å²) in [4.78, 5) is 9.71. The topological polar surface area (TPSA) is 58.5 Å². The molecule has 2 aromatic rings. The lowest BCUT2D eigenvalue weighted by Crippen LogP contribution is -2.38. The van der Waals surface area contributed by atoms with Crippen LogP contribution in [0.2, 0.25) is 0 Å². The van der Waals surface area contributed by atoms with Gasteiger partial charge in [-0.2, -0.15) is 0 Å². The zero-order valence-electron chi connectivity index (χ0n) is 13.4. The third-order valence-electron chi connectivity index (χ3n) is 2.95. The summed E-state index contributed by atoms with van der Waals surface area (Å²) in [7, 11) is 1.76. The molecule has 0 unspecified atom stereocenters. The van der Waals surface area contributed by atoms with Gasteiger partial charge in [-0.05, 0) is 12.5 Å². The maximum atomic E-state index is 5.63. The van der Waals surface area contributed by atoms with Gasteiger partial charge in [0.05, 0.1) is 19.8 Å². The highest BCUT2D eigenvalue weighted by Gasteiger charge is 2.01. The minimum atomic E-state index is 0. The quantitative estimate of drug-likeness (QED) is 0.297. The number of rotatable bonds is 7. The van der Waals surface area contributed by atoms with Gasteiger partial charge in [-0.1, -0.05) is 30.3 Å². The Morgan fingerprint density at radius 3 is 2.70 bits per heavy atom. The van der Waals surface area contributed by atoms with Crippen molar-refractivity contribution >= 4 is 41.3 Å². The van der Waals surface area contributed by atoms with Crippen molar-refractivity contribution in [2.45, 2.75) is 20.1 Å². The number of ether oxygens (including phenoxy) is 1. The Bertz CT molecular complexity index is 589. The van der Waals surface area contributed by atoms with Crippen LogP contribution in [-0.4, -0.2) is 31.1 Å². The van der Waals surface area contributed by atoms with E-state index in [-0.39, 0.29) is 24.0 Å². The Morgan fingerprint density at radius 2 is 2.04 bits per heavy atom. The molecule has 2 N–H and O–H groups in total. The van der Waals surface area contributed by atoms with Crippen LogP contribution in [0.1, 0.15) is 15.4 Å². The van der Waals surface area contributed by atoms with Gasteiger partial charge in [0, 0.05) is 24.7 Å². The number of guanidine groups is 1. The lowest BCUT2D eigenvalue weighted by Gasteiger charge is -2.11. The molecule has 7 heteroatoms. The van der Waals surface area contributed by atoms with Crippen LogP contribution in [-0.2, 0) is 17.9 Å². The largest absolute Gasteiger partial charge is 0.375 e. The average Bonchev–Trinajstić information content (AvgIpc) is 2.96. The predicted molar refractivity (Wildman–Crippen MR) is 107 cm³/mol. The summed E-state index contributed by atoms with van der Waals surface area (Å²) in [6, 6.07) is 10.2. The molecule has 0 fully saturated rings. The fourth-order valence-electron chi connectivity index (χ4n) is 1.87. The van der Waals surface area contributed by atoms with E-state index < -0.39 is 0 Å². The molecule has 0 saturated heterocycles. The van der Waals surface area contributed by atoms with Gasteiger partial charge in [-0.25, -0.2) is 4.98 Å². The van der Waals surface area contributed by atoms with Gasteiger partial charge in [0.2, 0.25) is 0 Å². The van der Waals surface area contributed by atoms with Gasteiger partial charge in [-0.3, -0.25) is 4.99 Å². The van der Waals surface area contributed by atoms with Crippen molar-refractivity contribution in [2.75, 3.05) is 20.2 Å². The summed E-state index contributed by atoms with van der Waals surface area (Å²) >= 11 is 1.69. The first-order valence-electron chi connectivity index (χ1n) is 7.25. The van der Waals surface area contributed by atoms with E-state index in [0.29, 0.717) is 26.3 Å². The third-order valence-corrected chi connectivity index (χ3v) is 3.86. The Labute approximate surface area is 158 Å². The van der Waals surface area contributed by atoms with E-state index >= 15 is 0 Å². The summed E-state index contributed by atoms with van der Waals surface area (Å²) in [5.41, 5.74) is 1.18. The number of aromatic nitrogens is 1. The highest BCUT2D eigenvalue weighted by Crippen LogP contribution is 2.10. The fraction of sp³-hybridized carbons (Fsp3) is 0.375. The van der Waals surface area contributed by atoms with E-state index in [1.807, 2.05) is 24.4 Å². The standard InChI is InChI=1S/C16H22N4OS.HI/c1-13-10-19-15(22-13)11-20-16(17-2)18-8-9-21-12-14-6-4-3-5-7-14;/h3-7,10H,8-9,11-12H2,1-2H3,(H2,17,18,20);1H. The number of thiazole rings is 1. The number of hydrogen-bond donors (Lipinski definition) is 2. The van der Waals surface area contributed by atoms with E-state index in [1.165, 1.54) is 10.4 Å². The van der Waals surface area contributed by atoms with Crippen molar-refractivity contribution in [1.82, 2.24) is 15.6 Å². The maximum Gasteiger partial charge on any atom is 0.191 e. The SMILES string of the molecule is CN=C(NCCOCc1ccccc1)NCc1ncc(C)s1.I. The first-order chi connectivity index (χ1) is 10.8. The molecule has 0 amide bonds. The van der Waals surface area contributed by atoms with E-state index in [9.17, 15) is 0 Å². The molecule has 0 bridgehead atoms. The molecule has 5 nitrogen and oxygen atoms in total. The molecule has 0 saturated carbocycles. The number of nitrogens with zero attached hydrogens (tertiary/aromatic N) is 2. The van der Waals surface area contributed by atoms with Crippen molar-refractivity contribution < 1.29 is 4.74 Å². The first-order valence-corrected chi connectivity index (χ1v) is 8.07. The van der Waals surface area contributed by atoms with Crippen LogP contribution in [0.4, 0.5) is 0 Å². The minimum Gasteiger partial charge on any atom is -0.375 e. The number of hydrogen-bond acceptors (Lipinski definition) is 4. The van der Waals surface area contributed by atoms with Crippen LogP contribution in [0, 0.1) is 6.92 Å². The maximum absolute atomic E-state index is 5.63. The number of halogens is 1. The van der Waals surface area contributed by atoms with Crippen molar-refractivity contribution in [1.29, 1.82) is 0 Å². The summed E-state index contributed by atoms with van der Waals surface area (Å²) in [6.07, 6.45) is 1.88. The van der Waals surface area contributed by atoms with E-state index in [4.69, 9.17) is 4.74 Å². The molecule has 0 atom stereocenters. The van der Waals surface area contributed by atoms with Gasteiger partial charge >= 0.3 is 0 Å². The lowest BCUT2D eigenvalue weighted by molar-refractivity contribution is 0.125. The van der Waals surface area contributed by atoms with Crippen molar-refractivity contribution in [3.8, 4) is 0 Å². The molecule has 0 aliphatic heterocycles. The number of aliphatic imine (C=N–C) groups is 1. The molecule has 1 aromatic heterocycles. The molecule has 0 spiro atoms. The smallest absolute Gasteiger partial charge is 0.191 e. The van der Waals surface area contributed by atoms with E-state index in [0.717, 1.165) is 11.0 Å². The second-order valence-corrected chi connectivity index (χ2v) is 6.07. The molecule has 126 valence electrons. The highest BCUT2D eigenvalue weighted by atomic mass is 127. The second-order valence-electron chi connectivity index (χ2n) is 4.76. The minimum absolute atomic E-state index is 0. The normalized spacial score (nSPS) is 11.0. The third kappa shape index (κ3) is 7.76. The van der Waals surface area contributed by atoms with Crippen LogP contribution in [0.5, 0.6) is 0 Å². The molecule has 0 aliphatic carbocycles. The molecule has 23 heavy (non-hydrogen) atoms. The zero-order valence-corrected chi connectivity index (χ0v) is 16.6. The Morgan fingerprint density at radius 1 is 1.26 bits per heavy atom. The predicted octanol–water partition coefficient (Wildman–Crippen LogP) is 2.95. The van der Waals surface area contributed by atoms with Gasteiger partial charge in [0.15, 0.2) is 5.96 Å².